The van der Waals surface area contributed by atoms with E-state index >= 15 is 0 Å². The van der Waals surface area contributed by atoms with Gasteiger partial charge in [0.15, 0.2) is 0 Å². The minimum atomic E-state index is 0.200. The second kappa shape index (κ2) is 9.06. The Morgan fingerprint density at radius 1 is 1.04 bits per heavy atom. The first-order valence-electron chi connectivity index (χ1n) is 9.33. The molecule has 0 radical (unpaired) electrons. The Hall–Kier alpha value is -2.04. The highest BCUT2D eigenvalue weighted by Gasteiger charge is 2.31. The second-order valence-corrected chi connectivity index (χ2v) is 6.83. The normalized spacial score (nSPS) is 14.9. The molecule has 4 heteroatoms. The lowest BCUT2D eigenvalue weighted by Crippen LogP contribution is -2.23. The van der Waals surface area contributed by atoms with Crippen molar-refractivity contribution >= 4 is 0 Å². The molecular formula is C22H29NO3. The van der Waals surface area contributed by atoms with E-state index in [1.54, 1.807) is 14.2 Å². The van der Waals surface area contributed by atoms with Gasteiger partial charge in [-0.25, -0.2) is 0 Å². The van der Waals surface area contributed by atoms with Gasteiger partial charge in [-0.3, -0.25) is 0 Å². The van der Waals surface area contributed by atoms with Gasteiger partial charge in [0.2, 0.25) is 0 Å². The van der Waals surface area contributed by atoms with E-state index in [1.807, 2.05) is 18.2 Å². The van der Waals surface area contributed by atoms with E-state index in [0.717, 1.165) is 18.0 Å². The number of nitrogens with one attached hydrogen (secondary N) is 1. The van der Waals surface area contributed by atoms with Crippen LogP contribution in [-0.4, -0.2) is 27.4 Å². The van der Waals surface area contributed by atoms with Gasteiger partial charge in [0.1, 0.15) is 11.5 Å². The summed E-state index contributed by atoms with van der Waals surface area (Å²) in [6, 6.07) is 14.7. The van der Waals surface area contributed by atoms with Gasteiger partial charge in [-0.1, -0.05) is 30.3 Å². The molecule has 1 fully saturated rings. The predicted molar refractivity (Wildman–Crippen MR) is 104 cm³/mol. The monoisotopic (exact) mass is 355 g/mol. The fourth-order valence-corrected chi connectivity index (χ4v) is 3.21. The molecule has 1 N–H and O–H groups in total. The molecule has 1 atom stereocenters. The van der Waals surface area contributed by atoms with E-state index in [1.165, 1.54) is 29.5 Å². The topological polar surface area (TPSA) is 39.7 Å². The molecule has 1 unspecified atom stereocenters. The van der Waals surface area contributed by atoms with Crippen LogP contribution in [0.2, 0.25) is 0 Å². The lowest BCUT2D eigenvalue weighted by atomic mass is 10.0. The Morgan fingerprint density at radius 3 is 2.27 bits per heavy atom. The van der Waals surface area contributed by atoms with Crippen LogP contribution in [0.15, 0.2) is 42.5 Å². The number of hydrogen-bond acceptors (Lipinski definition) is 4. The molecule has 0 aromatic heterocycles. The van der Waals surface area contributed by atoms with E-state index in [-0.39, 0.29) is 6.04 Å². The molecule has 1 aliphatic rings. The largest absolute Gasteiger partial charge is 0.496 e. The fourth-order valence-electron chi connectivity index (χ4n) is 3.21. The molecule has 0 amide bonds. The van der Waals surface area contributed by atoms with Crippen molar-refractivity contribution in [1.82, 2.24) is 5.32 Å². The Balaban J connectivity index is 1.53. The molecule has 0 saturated heterocycles. The van der Waals surface area contributed by atoms with Crippen LogP contribution in [0.1, 0.15) is 48.4 Å². The molecule has 2 aromatic carbocycles. The number of rotatable bonds is 10. The molecule has 1 aliphatic carbocycles. The Morgan fingerprint density at radius 2 is 1.69 bits per heavy atom. The van der Waals surface area contributed by atoms with Crippen molar-refractivity contribution in [2.24, 2.45) is 0 Å². The smallest absolute Gasteiger partial charge is 0.126 e. The van der Waals surface area contributed by atoms with Crippen LogP contribution < -0.4 is 14.8 Å². The molecule has 2 aromatic rings. The lowest BCUT2D eigenvalue weighted by Gasteiger charge is -2.19. The lowest BCUT2D eigenvalue weighted by molar-refractivity contribution is 0.121. The highest BCUT2D eigenvalue weighted by Crippen LogP contribution is 2.49. The Bertz CT molecular complexity index is 673. The molecule has 0 bridgehead atoms. The van der Waals surface area contributed by atoms with Crippen LogP contribution in [-0.2, 0) is 11.3 Å². The molecule has 3 rings (SSSR count). The molecule has 0 spiro atoms. The zero-order valence-corrected chi connectivity index (χ0v) is 16.0. The summed E-state index contributed by atoms with van der Waals surface area (Å²) in [5, 5.41) is 3.52. The van der Waals surface area contributed by atoms with Gasteiger partial charge in [-0.05, 0) is 48.9 Å². The average molecular weight is 355 g/mol. The van der Waals surface area contributed by atoms with Gasteiger partial charge < -0.3 is 19.5 Å². The number of hydrogen-bond donors (Lipinski definition) is 1. The average Bonchev–Trinajstić information content (AvgIpc) is 3.52. The van der Waals surface area contributed by atoms with Crippen molar-refractivity contribution in [3.8, 4) is 11.5 Å². The number of ether oxygens (including phenoxy) is 3. The molecule has 0 aliphatic heterocycles. The van der Waals surface area contributed by atoms with Crippen LogP contribution in [0.5, 0.6) is 11.5 Å². The molecule has 140 valence electrons. The van der Waals surface area contributed by atoms with E-state index in [9.17, 15) is 0 Å². The first-order chi connectivity index (χ1) is 12.7. The van der Waals surface area contributed by atoms with Crippen molar-refractivity contribution in [3.05, 3.63) is 59.2 Å². The third-order valence-electron chi connectivity index (χ3n) is 4.86. The van der Waals surface area contributed by atoms with Gasteiger partial charge in [0.05, 0.1) is 27.4 Å². The van der Waals surface area contributed by atoms with Crippen molar-refractivity contribution in [2.75, 3.05) is 27.4 Å². The highest BCUT2D eigenvalue weighted by atomic mass is 16.5. The van der Waals surface area contributed by atoms with Crippen LogP contribution in [0.3, 0.4) is 0 Å². The predicted octanol–water partition coefficient (Wildman–Crippen LogP) is 4.45. The van der Waals surface area contributed by atoms with E-state index < -0.39 is 0 Å². The van der Waals surface area contributed by atoms with Crippen molar-refractivity contribution < 1.29 is 14.2 Å². The molecule has 4 nitrogen and oxygen atoms in total. The summed E-state index contributed by atoms with van der Waals surface area (Å²) in [5.74, 6) is 2.47. The maximum absolute atomic E-state index is 5.74. The summed E-state index contributed by atoms with van der Waals surface area (Å²) < 4.78 is 17.0. The van der Waals surface area contributed by atoms with Gasteiger partial charge in [0.25, 0.3) is 0 Å². The summed E-state index contributed by atoms with van der Waals surface area (Å²) in [6.45, 7) is 4.27. The summed E-state index contributed by atoms with van der Waals surface area (Å²) >= 11 is 0. The summed E-state index contributed by atoms with van der Waals surface area (Å²) in [6.07, 6.45) is 2.44. The van der Waals surface area contributed by atoms with Crippen molar-refractivity contribution in [3.63, 3.8) is 0 Å². The quantitative estimate of drug-likeness (QED) is 0.639. The van der Waals surface area contributed by atoms with Gasteiger partial charge in [-0.2, -0.15) is 0 Å². The summed E-state index contributed by atoms with van der Waals surface area (Å²) in [4.78, 5) is 0. The van der Waals surface area contributed by atoms with Crippen LogP contribution in [0.4, 0.5) is 0 Å². The van der Waals surface area contributed by atoms with E-state index in [2.05, 4.69) is 36.5 Å². The Labute approximate surface area is 156 Å². The van der Waals surface area contributed by atoms with E-state index in [4.69, 9.17) is 14.2 Å². The zero-order chi connectivity index (χ0) is 18.4. The first kappa shape index (κ1) is 18.7. The standard InChI is InChI=1S/C22H29NO3/c1-16(23-11-12-26-15-17-7-5-4-6-8-17)19-13-20(24-2)22(18-9-10-18)21(14-19)25-3/h4-8,13-14,16,18,23H,9-12,15H2,1-3H3. The van der Waals surface area contributed by atoms with Crippen molar-refractivity contribution in [1.29, 1.82) is 0 Å². The van der Waals surface area contributed by atoms with Gasteiger partial charge >= 0.3 is 0 Å². The number of methoxy groups -OCH3 is 2. The number of benzene rings is 2. The second-order valence-electron chi connectivity index (χ2n) is 6.83. The van der Waals surface area contributed by atoms with Crippen LogP contribution in [0, 0.1) is 0 Å². The van der Waals surface area contributed by atoms with E-state index in [0.29, 0.717) is 19.1 Å². The van der Waals surface area contributed by atoms with Crippen LogP contribution in [0.25, 0.3) is 0 Å². The van der Waals surface area contributed by atoms with Gasteiger partial charge in [-0.15, -0.1) is 0 Å². The maximum Gasteiger partial charge on any atom is 0.126 e. The maximum atomic E-state index is 5.74. The first-order valence-corrected chi connectivity index (χ1v) is 9.33. The third kappa shape index (κ3) is 4.77. The molecule has 26 heavy (non-hydrogen) atoms. The fraction of sp³-hybridized carbons (Fsp3) is 0.455. The Kier molecular flexibility index (Phi) is 6.53. The third-order valence-corrected chi connectivity index (χ3v) is 4.86. The summed E-state index contributed by atoms with van der Waals surface area (Å²) in [7, 11) is 3.47. The van der Waals surface area contributed by atoms with Crippen LogP contribution >= 0.6 is 0 Å². The minimum absolute atomic E-state index is 0.200. The van der Waals surface area contributed by atoms with Crippen molar-refractivity contribution in [2.45, 2.75) is 38.3 Å². The zero-order valence-electron chi connectivity index (χ0n) is 16.0. The highest BCUT2D eigenvalue weighted by molar-refractivity contribution is 5.52. The van der Waals surface area contributed by atoms with Gasteiger partial charge in [0, 0.05) is 18.2 Å². The molecular weight excluding hydrogens is 326 g/mol. The molecule has 0 heterocycles. The molecule has 1 saturated carbocycles. The SMILES string of the molecule is COc1cc(C(C)NCCOCc2ccccc2)cc(OC)c1C1CC1. The minimum Gasteiger partial charge on any atom is -0.496 e. The summed E-state index contributed by atoms with van der Waals surface area (Å²) in [5.41, 5.74) is 3.59.